The van der Waals surface area contributed by atoms with Crippen LogP contribution in [0.15, 0.2) is 4.99 Å². The molecule has 1 atom stereocenters. The molecule has 0 aliphatic carbocycles. The summed E-state index contributed by atoms with van der Waals surface area (Å²) < 4.78 is 5.46. The number of likely N-dealkylation sites (tertiary alicyclic amines) is 1. The third-order valence-electron chi connectivity index (χ3n) is 5.50. The summed E-state index contributed by atoms with van der Waals surface area (Å²) in [5.41, 5.74) is 0. The molecule has 1 N–H and O–H groups in total. The first kappa shape index (κ1) is 23.0. The summed E-state index contributed by atoms with van der Waals surface area (Å²) in [6.07, 6.45) is 7.75. The predicted octanol–water partition coefficient (Wildman–Crippen LogP) is 3.19. The van der Waals surface area contributed by atoms with Crippen molar-refractivity contribution in [1.29, 1.82) is 0 Å². The first-order valence-corrected chi connectivity index (χ1v) is 10.0. The molecular weight excluding hydrogens is 427 g/mol. The van der Waals surface area contributed by atoms with E-state index in [1.54, 1.807) is 0 Å². The predicted molar refractivity (Wildman–Crippen MR) is 117 cm³/mol. The van der Waals surface area contributed by atoms with E-state index in [9.17, 15) is 0 Å². The van der Waals surface area contributed by atoms with E-state index in [0.717, 1.165) is 57.3 Å². The van der Waals surface area contributed by atoms with Gasteiger partial charge < -0.3 is 15.0 Å². The number of nitrogens with one attached hydrogen (secondary N) is 1. The molecule has 0 amide bonds. The van der Waals surface area contributed by atoms with Gasteiger partial charge >= 0.3 is 0 Å². The maximum atomic E-state index is 5.46. The molecule has 0 aromatic rings. The van der Waals surface area contributed by atoms with E-state index in [1.807, 2.05) is 0 Å². The number of ether oxygens (including phenoxy) is 1. The van der Waals surface area contributed by atoms with Gasteiger partial charge in [-0.2, -0.15) is 0 Å². The Hall–Kier alpha value is -0.0800. The average Bonchev–Trinajstić information content (AvgIpc) is 2.61. The topological polar surface area (TPSA) is 40.1 Å². The largest absolute Gasteiger partial charge is 0.381 e. The summed E-state index contributed by atoms with van der Waals surface area (Å²) in [5.74, 6) is 1.88. The van der Waals surface area contributed by atoms with Crippen molar-refractivity contribution in [3.05, 3.63) is 0 Å². The number of piperidine rings is 1. The van der Waals surface area contributed by atoms with Gasteiger partial charge in [0.2, 0.25) is 0 Å². The van der Waals surface area contributed by atoms with Crippen LogP contribution in [-0.2, 0) is 4.74 Å². The molecule has 5 nitrogen and oxygen atoms in total. The highest BCUT2D eigenvalue weighted by atomic mass is 127. The fourth-order valence-electron chi connectivity index (χ4n) is 3.76. The molecule has 2 aliphatic heterocycles. The molecule has 25 heavy (non-hydrogen) atoms. The Labute approximate surface area is 172 Å². The lowest BCUT2D eigenvalue weighted by Gasteiger charge is -2.33. The van der Waals surface area contributed by atoms with Gasteiger partial charge in [0, 0.05) is 45.9 Å². The van der Waals surface area contributed by atoms with Gasteiger partial charge in [0.1, 0.15) is 0 Å². The molecule has 2 aliphatic rings. The number of rotatable bonds is 7. The molecule has 0 bridgehead atoms. The molecule has 2 saturated heterocycles. The molecule has 2 heterocycles. The zero-order valence-electron chi connectivity index (χ0n) is 16.5. The van der Waals surface area contributed by atoms with Gasteiger partial charge in [-0.15, -0.1) is 24.0 Å². The molecule has 0 radical (unpaired) electrons. The second kappa shape index (κ2) is 13.1. The molecule has 0 aromatic heterocycles. The fourth-order valence-corrected chi connectivity index (χ4v) is 3.76. The fraction of sp³-hybridized carbons (Fsp3) is 0.947. The number of nitrogens with zero attached hydrogens (tertiary/aromatic N) is 3. The van der Waals surface area contributed by atoms with Gasteiger partial charge in [-0.3, -0.25) is 9.89 Å². The number of aliphatic imine (C=N–C) groups is 1. The third-order valence-corrected chi connectivity index (χ3v) is 5.50. The molecule has 1 unspecified atom stereocenters. The summed E-state index contributed by atoms with van der Waals surface area (Å²) in [6.45, 7) is 11.6. The van der Waals surface area contributed by atoms with Crippen LogP contribution >= 0.6 is 24.0 Å². The van der Waals surface area contributed by atoms with Crippen LogP contribution in [0.2, 0.25) is 0 Å². The van der Waals surface area contributed by atoms with Gasteiger partial charge in [-0.1, -0.05) is 6.42 Å². The molecule has 0 aromatic carbocycles. The summed E-state index contributed by atoms with van der Waals surface area (Å²) in [5, 5.41) is 3.45. The number of guanidine groups is 1. The van der Waals surface area contributed by atoms with Gasteiger partial charge in [0.15, 0.2) is 5.96 Å². The Kier molecular flexibility index (Phi) is 12.1. The van der Waals surface area contributed by atoms with Gasteiger partial charge in [0.05, 0.1) is 6.54 Å². The van der Waals surface area contributed by atoms with E-state index in [1.165, 1.54) is 45.1 Å². The highest BCUT2D eigenvalue weighted by Crippen LogP contribution is 2.18. The van der Waals surface area contributed by atoms with Crippen molar-refractivity contribution >= 4 is 29.9 Å². The minimum atomic E-state index is 0. The van der Waals surface area contributed by atoms with Crippen LogP contribution in [0.4, 0.5) is 0 Å². The lowest BCUT2D eigenvalue weighted by atomic mass is 9.96. The van der Waals surface area contributed by atoms with E-state index in [0.29, 0.717) is 0 Å². The number of hydrogen-bond acceptors (Lipinski definition) is 3. The molecule has 0 spiro atoms. The number of hydrogen-bond donors (Lipinski definition) is 1. The van der Waals surface area contributed by atoms with E-state index < -0.39 is 0 Å². The smallest absolute Gasteiger partial charge is 0.193 e. The minimum Gasteiger partial charge on any atom is -0.381 e. The first-order chi connectivity index (χ1) is 11.7. The zero-order chi connectivity index (χ0) is 17.2. The zero-order valence-corrected chi connectivity index (χ0v) is 18.8. The summed E-state index contributed by atoms with van der Waals surface area (Å²) >= 11 is 0. The van der Waals surface area contributed by atoms with E-state index in [4.69, 9.17) is 9.73 Å². The van der Waals surface area contributed by atoms with Gasteiger partial charge in [-0.25, -0.2) is 0 Å². The highest BCUT2D eigenvalue weighted by Gasteiger charge is 2.18. The summed E-state index contributed by atoms with van der Waals surface area (Å²) in [7, 11) is 2.17. The van der Waals surface area contributed by atoms with Crippen LogP contribution in [0.5, 0.6) is 0 Å². The lowest BCUT2D eigenvalue weighted by Crippen LogP contribution is -2.42. The monoisotopic (exact) mass is 466 g/mol. The maximum absolute atomic E-state index is 5.46. The quantitative estimate of drug-likeness (QED) is 0.356. The first-order valence-electron chi connectivity index (χ1n) is 10.0. The number of halogens is 1. The van der Waals surface area contributed by atoms with Gasteiger partial charge in [0.25, 0.3) is 0 Å². The van der Waals surface area contributed by atoms with Crippen LogP contribution in [0.1, 0.15) is 52.4 Å². The Morgan fingerprint density at radius 3 is 2.68 bits per heavy atom. The van der Waals surface area contributed by atoms with Crippen molar-refractivity contribution in [2.24, 2.45) is 10.9 Å². The Balaban J connectivity index is 0.00000312. The third kappa shape index (κ3) is 8.43. The maximum Gasteiger partial charge on any atom is 0.193 e. The Morgan fingerprint density at radius 2 is 2.00 bits per heavy atom. The van der Waals surface area contributed by atoms with Crippen molar-refractivity contribution < 1.29 is 4.74 Å². The molecule has 0 saturated carbocycles. The van der Waals surface area contributed by atoms with E-state index in [-0.39, 0.29) is 24.0 Å². The lowest BCUT2D eigenvalue weighted by molar-refractivity contribution is 0.0625. The van der Waals surface area contributed by atoms with Crippen LogP contribution < -0.4 is 5.32 Å². The summed E-state index contributed by atoms with van der Waals surface area (Å²) in [6, 6.07) is 0.725. The highest BCUT2D eigenvalue weighted by molar-refractivity contribution is 14.0. The van der Waals surface area contributed by atoms with E-state index >= 15 is 0 Å². The van der Waals surface area contributed by atoms with Crippen LogP contribution in [0.3, 0.4) is 0 Å². The Bertz CT molecular complexity index is 374. The summed E-state index contributed by atoms with van der Waals surface area (Å²) in [4.78, 5) is 9.77. The molecule has 2 rings (SSSR count). The average molecular weight is 466 g/mol. The van der Waals surface area contributed by atoms with Crippen molar-refractivity contribution in [3.63, 3.8) is 0 Å². The Morgan fingerprint density at radius 1 is 1.24 bits per heavy atom. The second-order valence-electron chi connectivity index (χ2n) is 7.38. The van der Waals surface area contributed by atoms with Crippen molar-refractivity contribution in [2.75, 3.05) is 53.0 Å². The minimum absolute atomic E-state index is 0. The van der Waals surface area contributed by atoms with Crippen molar-refractivity contribution in [3.8, 4) is 0 Å². The van der Waals surface area contributed by atoms with Crippen molar-refractivity contribution in [1.82, 2.24) is 15.1 Å². The standard InChI is InChI=1S/C19H38N4O.HI/c1-4-20-19(21-11-14-23-12-6-5-7-17(23)2)22(3)13-8-18-9-15-24-16-10-18;/h17-18H,4-16H2,1-3H3,(H,20,21);1H. The molecule has 148 valence electrons. The molecule has 2 fully saturated rings. The molecule has 6 heteroatoms. The molecular formula is C19H39IN4O. The van der Waals surface area contributed by atoms with Crippen LogP contribution in [0, 0.1) is 5.92 Å². The SMILES string of the molecule is CCNC(=NCCN1CCCCC1C)N(C)CCC1CCOCC1.I. The van der Waals surface area contributed by atoms with Crippen molar-refractivity contribution in [2.45, 2.75) is 58.4 Å². The second-order valence-corrected chi connectivity index (χ2v) is 7.38. The van der Waals surface area contributed by atoms with Crippen LogP contribution in [-0.4, -0.2) is 74.8 Å². The normalized spacial score (nSPS) is 23.2. The van der Waals surface area contributed by atoms with E-state index in [2.05, 4.69) is 36.0 Å². The van der Waals surface area contributed by atoms with Crippen LogP contribution in [0.25, 0.3) is 0 Å². The van der Waals surface area contributed by atoms with Gasteiger partial charge in [-0.05, 0) is 58.4 Å².